The van der Waals surface area contributed by atoms with E-state index in [1.165, 1.54) is 16.8 Å². The molecule has 0 aliphatic heterocycles. The molecule has 2 aromatic rings. The molecular formula is C14H19BrN4. The average Bonchev–Trinajstić information content (AvgIpc) is 2.77. The number of nitrogens with zero attached hydrogens (tertiary/aromatic N) is 3. The van der Waals surface area contributed by atoms with Gasteiger partial charge in [-0.1, -0.05) is 22.0 Å². The van der Waals surface area contributed by atoms with Crippen LogP contribution < -0.4 is 10.6 Å². The molecule has 0 radical (unpaired) electrons. The first-order valence-corrected chi connectivity index (χ1v) is 7.06. The summed E-state index contributed by atoms with van der Waals surface area (Å²) in [5.41, 5.74) is 9.22. The van der Waals surface area contributed by atoms with Crippen molar-refractivity contribution in [2.75, 3.05) is 18.5 Å². The van der Waals surface area contributed by atoms with Crippen LogP contribution in [0.15, 0.2) is 35.1 Å². The normalized spacial score (nSPS) is 10.7. The number of hydrogen-bond donors (Lipinski definition) is 1. The molecule has 0 saturated carbocycles. The standard InChI is InChI=1S/C14H19BrN4/c1-18(9-11-8-17-19(2)10-11)13-4-3-12(5-6-16)14(15)7-13/h3-4,7-8,10H,5-6,9,16H2,1-2H3. The van der Waals surface area contributed by atoms with E-state index in [2.05, 4.69) is 51.2 Å². The summed E-state index contributed by atoms with van der Waals surface area (Å²) >= 11 is 3.61. The van der Waals surface area contributed by atoms with Gasteiger partial charge in [0.1, 0.15) is 0 Å². The molecular weight excluding hydrogens is 304 g/mol. The lowest BCUT2D eigenvalue weighted by molar-refractivity contribution is 0.766. The third-order valence-electron chi connectivity index (χ3n) is 3.07. The van der Waals surface area contributed by atoms with Gasteiger partial charge < -0.3 is 10.6 Å². The fourth-order valence-electron chi connectivity index (χ4n) is 2.05. The Morgan fingerprint density at radius 1 is 1.42 bits per heavy atom. The zero-order chi connectivity index (χ0) is 13.8. The summed E-state index contributed by atoms with van der Waals surface area (Å²) in [4.78, 5) is 2.20. The van der Waals surface area contributed by atoms with E-state index in [0.717, 1.165) is 17.4 Å². The minimum absolute atomic E-state index is 0.670. The molecule has 0 saturated heterocycles. The number of aryl methyl sites for hydroxylation is 1. The molecule has 0 fully saturated rings. The van der Waals surface area contributed by atoms with E-state index in [-0.39, 0.29) is 0 Å². The Kier molecular flexibility index (Phi) is 4.61. The highest BCUT2D eigenvalue weighted by molar-refractivity contribution is 9.10. The molecule has 2 N–H and O–H groups in total. The summed E-state index contributed by atoms with van der Waals surface area (Å²) < 4.78 is 2.94. The molecule has 0 aliphatic rings. The summed E-state index contributed by atoms with van der Waals surface area (Å²) in [5, 5.41) is 4.19. The fraction of sp³-hybridized carbons (Fsp3) is 0.357. The van der Waals surface area contributed by atoms with Gasteiger partial charge in [-0.05, 0) is 30.7 Å². The number of nitrogens with two attached hydrogens (primary N) is 1. The number of hydrogen-bond acceptors (Lipinski definition) is 3. The number of rotatable bonds is 5. The van der Waals surface area contributed by atoms with Gasteiger partial charge in [0.2, 0.25) is 0 Å². The Labute approximate surface area is 122 Å². The molecule has 0 aliphatic carbocycles. The molecule has 5 heteroatoms. The van der Waals surface area contributed by atoms with Crippen molar-refractivity contribution in [1.29, 1.82) is 0 Å². The molecule has 1 aromatic heterocycles. The summed E-state index contributed by atoms with van der Waals surface area (Å²) in [6, 6.07) is 6.40. The van der Waals surface area contributed by atoms with Gasteiger partial charge in [0, 0.05) is 42.6 Å². The van der Waals surface area contributed by atoms with Gasteiger partial charge >= 0.3 is 0 Å². The molecule has 1 aromatic carbocycles. The van der Waals surface area contributed by atoms with Gasteiger partial charge in [-0.15, -0.1) is 0 Å². The van der Waals surface area contributed by atoms with Gasteiger partial charge in [-0.2, -0.15) is 5.10 Å². The van der Waals surface area contributed by atoms with Gasteiger partial charge in [0.25, 0.3) is 0 Å². The minimum atomic E-state index is 0.670. The van der Waals surface area contributed by atoms with Crippen molar-refractivity contribution in [3.63, 3.8) is 0 Å². The highest BCUT2D eigenvalue weighted by atomic mass is 79.9. The lowest BCUT2D eigenvalue weighted by Crippen LogP contribution is -2.16. The van der Waals surface area contributed by atoms with Crippen molar-refractivity contribution in [1.82, 2.24) is 9.78 Å². The van der Waals surface area contributed by atoms with Crippen LogP contribution in [0.3, 0.4) is 0 Å². The number of benzene rings is 1. The second kappa shape index (κ2) is 6.21. The maximum Gasteiger partial charge on any atom is 0.0539 e. The van der Waals surface area contributed by atoms with E-state index in [1.807, 2.05) is 24.1 Å². The molecule has 0 atom stereocenters. The predicted molar refractivity (Wildman–Crippen MR) is 82.2 cm³/mol. The molecule has 2 rings (SSSR count). The lowest BCUT2D eigenvalue weighted by atomic mass is 10.1. The van der Waals surface area contributed by atoms with Gasteiger partial charge in [-0.3, -0.25) is 4.68 Å². The molecule has 102 valence electrons. The average molecular weight is 323 g/mol. The van der Waals surface area contributed by atoms with E-state index in [9.17, 15) is 0 Å². The minimum Gasteiger partial charge on any atom is -0.370 e. The predicted octanol–water partition coefficient (Wildman–Crippen LogP) is 2.32. The summed E-state index contributed by atoms with van der Waals surface area (Å²) in [5.74, 6) is 0. The summed E-state index contributed by atoms with van der Waals surface area (Å²) in [6.45, 7) is 1.51. The monoisotopic (exact) mass is 322 g/mol. The van der Waals surface area contributed by atoms with Crippen molar-refractivity contribution in [3.8, 4) is 0 Å². The van der Waals surface area contributed by atoms with E-state index >= 15 is 0 Å². The van der Waals surface area contributed by atoms with Crippen molar-refractivity contribution in [3.05, 3.63) is 46.2 Å². The van der Waals surface area contributed by atoms with Crippen LogP contribution >= 0.6 is 15.9 Å². The zero-order valence-electron chi connectivity index (χ0n) is 11.3. The molecule has 0 bridgehead atoms. The quantitative estimate of drug-likeness (QED) is 0.919. The summed E-state index contributed by atoms with van der Waals surface area (Å²) in [7, 11) is 4.01. The van der Waals surface area contributed by atoms with Crippen LogP contribution in [0.2, 0.25) is 0 Å². The van der Waals surface area contributed by atoms with Crippen molar-refractivity contribution in [2.24, 2.45) is 12.8 Å². The molecule has 4 nitrogen and oxygen atoms in total. The van der Waals surface area contributed by atoms with E-state index < -0.39 is 0 Å². The van der Waals surface area contributed by atoms with Crippen LogP contribution in [0, 0.1) is 0 Å². The van der Waals surface area contributed by atoms with Gasteiger partial charge in [-0.25, -0.2) is 0 Å². The first-order valence-electron chi connectivity index (χ1n) is 6.27. The first kappa shape index (κ1) is 14.1. The Hall–Kier alpha value is -1.33. The molecule has 0 amide bonds. The van der Waals surface area contributed by atoms with E-state index in [0.29, 0.717) is 6.54 Å². The fourth-order valence-corrected chi connectivity index (χ4v) is 2.62. The zero-order valence-corrected chi connectivity index (χ0v) is 12.9. The maximum atomic E-state index is 5.59. The van der Waals surface area contributed by atoms with Crippen LogP contribution in [-0.4, -0.2) is 23.4 Å². The van der Waals surface area contributed by atoms with Gasteiger partial charge in [0.15, 0.2) is 0 Å². The second-order valence-electron chi connectivity index (χ2n) is 4.69. The smallest absolute Gasteiger partial charge is 0.0539 e. The number of anilines is 1. The van der Waals surface area contributed by atoms with Crippen molar-refractivity contribution >= 4 is 21.6 Å². The van der Waals surface area contributed by atoms with E-state index in [4.69, 9.17) is 5.73 Å². The van der Waals surface area contributed by atoms with Crippen LogP contribution in [0.1, 0.15) is 11.1 Å². The third-order valence-corrected chi connectivity index (χ3v) is 3.81. The second-order valence-corrected chi connectivity index (χ2v) is 5.55. The number of halogens is 1. The highest BCUT2D eigenvalue weighted by Gasteiger charge is 2.06. The van der Waals surface area contributed by atoms with E-state index in [1.54, 1.807) is 0 Å². The van der Waals surface area contributed by atoms with Gasteiger partial charge in [0.05, 0.1) is 6.20 Å². The first-order chi connectivity index (χ1) is 9.10. The van der Waals surface area contributed by atoms with Crippen molar-refractivity contribution < 1.29 is 0 Å². The Bertz CT molecular complexity index is 550. The third kappa shape index (κ3) is 3.58. The SMILES string of the molecule is CN(Cc1cnn(C)c1)c1ccc(CCN)c(Br)c1. The van der Waals surface area contributed by atoms with Crippen LogP contribution in [0.4, 0.5) is 5.69 Å². The molecule has 0 unspecified atom stereocenters. The molecule has 1 heterocycles. The maximum absolute atomic E-state index is 5.59. The summed E-state index contributed by atoms with van der Waals surface area (Å²) in [6.07, 6.45) is 4.83. The largest absolute Gasteiger partial charge is 0.370 e. The Balaban J connectivity index is 2.10. The molecule has 19 heavy (non-hydrogen) atoms. The Morgan fingerprint density at radius 3 is 2.79 bits per heavy atom. The highest BCUT2D eigenvalue weighted by Crippen LogP contribution is 2.24. The van der Waals surface area contributed by atoms with Crippen LogP contribution in [0.5, 0.6) is 0 Å². The lowest BCUT2D eigenvalue weighted by Gasteiger charge is -2.19. The van der Waals surface area contributed by atoms with Crippen LogP contribution in [-0.2, 0) is 20.0 Å². The topological polar surface area (TPSA) is 47.1 Å². The Morgan fingerprint density at radius 2 is 2.21 bits per heavy atom. The van der Waals surface area contributed by atoms with Crippen LogP contribution in [0.25, 0.3) is 0 Å². The number of aromatic nitrogens is 2. The molecule has 0 spiro atoms. The van der Waals surface area contributed by atoms with Crippen molar-refractivity contribution in [2.45, 2.75) is 13.0 Å².